The van der Waals surface area contributed by atoms with Crippen LogP contribution in [-0.4, -0.2) is 23.1 Å². The van der Waals surface area contributed by atoms with Gasteiger partial charge in [-0.15, -0.1) is 0 Å². The molecule has 1 aliphatic heterocycles. The molecule has 0 radical (unpaired) electrons. The van der Waals surface area contributed by atoms with Crippen LogP contribution >= 0.6 is 11.6 Å². The number of nitrogens with zero attached hydrogens (tertiary/aromatic N) is 2. The van der Waals surface area contributed by atoms with Gasteiger partial charge in [0.05, 0.1) is 0 Å². The minimum absolute atomic E-state index is 0.550. The summed E-state index contributed by atoms with van der Waals surface area (Å²) in [5, 5.41) is 4.14. The summed E-state index contributed by atoms with van der Waals surface area (Å²) >= 11 is 5.93. The van der Waals surface area contributed by atoms with Gasteiger partial charge >= 0.3 is 0 Å². The molecule has 0 aliphatic carbocycles. The predicted octanol–water partition coefficient (Wildman–Crippen LogP) is 3.49. The smallest absolute Gasteiger partial charge is 0.159 e. The molecule has 1 aliphatic rings. The molecule has 1 fully saturated rings. The minimum atomic E-state index is 0.550. The molecule has 20 heavy (non-hydrogen) atoms. The van der Waals surface area contributed by atoms with E-state index < -0.39 is 0 Å². The quantitative estimate of drug-likeness (QED) is 0.919. The van der Waals surface area contributed by atoms with Gasteiger partial charge in [-0.05, 0) is 56.6 Å². The molecule has 1 unspecified atom stereocenters. The molecule has 4 heteroatoms. The van der Waals surface area contributed by atoms with Crippen LogP contribution in [0.1, 0.15) is 29.3 Å². The Bertz CT molecular complexity index is 593. The van der Waals surface area contributed by atoms with Gasteiger partial charge in [0.15, 0.2) is 5.82 Å². The van der Waals surface area contributed by atoms with E-state index in [9.17, 15) is 0 Å². The van der Waals surface area contributed by atoms with E-state index in [1.807, 2.05) is 24.3 Å². The molecule has 2 heterocycles. The van der Waals surface area contributed by atoms with Crippen molar-refractivity contribution in [2.75, 3.05) is 13.1 Å². The molecule has 0 saturated carbocycles. The summed E-state index contributed by atoms with van der Waals surface area (Å²) in [5.74, 6) is 1.33. The first kappa shape index (κ1) is 13.5. The van der Waals surface area contributed by atoms with Crippen LogP contribution in [0, 0.1) is 13.8 Å². The normalized spacial score (nSPS) is 18.4. The monoisotopic (exact) mass is 287 g/mol. The van der Waals surface area contributed by atoms with Crippen LogP contribution in [0.25, 0.3) is 11.4 Å². The Morgan fingerprint density at radius 2 is 1.75 bits per heavy atom. The molecule has 1 N–H and O–H groups in total. The molecule has 104 valence electrons. The highest BCUT2D eigenvalue weighted by Crippen LogP contribution is 2.28. The Morgan fingerprint density at radius 1 is 1.10 bits per heavy atom. The topological polar surface area (TPSA) is 37.8 Å². The van der Waals surface area contributed by atoms with Crippen LogP contribution < -0.4 is 5.32 Å². The first-order valence-corrected chi connectivity index (χ1v) is 7.35. The van der Waals surface area contributed by atoms with Gasteiger partial charge in [0.2, 0.25) is 0 Å². The van der Waals surface area contributed by atoms with Crippen molar-refractivity contribution in [1.29, 1.82) is 0 Å². The summed E-state index contributed by atoms with van der Waals surface area (Å²) in [6.07, 6.45) is 1.17. The van der Waals surface area contributed by atoms with E-state index in [1.54, 1.807) is 0 Å². The number of benzene rings is 1. The number of aromatic nitrogens is 2. The van der Waals surface area contributed by atoms with E-state index in [4.69, 9.17) is 21.6 Å². The second-order valence-electron chi connectivity index (χ2n) is 5.33. The summed E-state index contributed by atoms with van der Waals surface area (Å²) in [7, 11) is 0. The molecule has 2 aromatic rings. The number of hydrogen-bond acceptors (Lipinski definition) is 3. The molecule has 1 saturated heterocycles. The van der Waals surface area contributed by atoms with E-state index in [0.717, 1.165) is 40.9 Å². The van der Waals surface area contributed by atoms with Crippen LogP contribution in [0.5, 0.6) is 0 Å². The fourth-order valence-corrected chi connectivity index (χ4v) is 3.07. The largest absolute Gasteiger partial charge is 0.316 e. The molecule has 0 amide bonds. The van der Waals surface area contributed by atoms with Gasteiger partial charge in [0.1, 0.15) is 0 Å². The van der Waals surface area contributed by atoms with Crippen molar-refractivity contribution >= 4 is 11.6 Å². The zero-order valence-electron chi connectivity index (χ0n) is 11.8. The number of nitrogens with one attached hydrogen (secondary N) is 1. The average molecular weight is 288 g/mol. The van der Waals surface area contributed by atoms with Crippen molar-refractivity contribution in [2.24, 2.45) is 0 Å². The van der Waals surface area contributed by atoms with Gasteiger partial charge in [-0.2, -0.15) is 0 Å². The first-order chi connectivity index (χ1) is 9.65. The lowest BCUT2D eigenvalue weighted by Crippen LogP contribution is -2.12. The Hall–Kier alpha value is -1.45. The maximum Gasteiger partial charge on any atom is 0.159 e. The molecule has 0 spiro atoms. The summed E-state index contributed by atoms with van der Waals surface area (Å²) in [5.41, 5.74) is 4.51. The Balaban J connectivity index is 2.00. The van der Waals surface area contributed by atoms with Crippen molar-refractivity contribution in [3.63, 3.8) is 0 Å². The van der Waals surface area contributed by atoms with E-state index in [2.05, 4.69) is 19.2 Å². The van der Waals surface area contributed by atoms with Crippen molar-refractivity contribution in [2.45, 2.75) is 26.2 Å². The lowest BCUT2D eigenvalue weighted by atomic mass is 9.95. The SMILES string of the molecule is Cc1nc(-c2ccc(Cl)cc2)nc(C)c1C1CCNC1. The van der Waals surface area contributed by atoms with Gasteiger partial charge in [-0.1, -0.05) is 11.6 Å². The average Bonchev–Trinajstić information content (AvgIpc) is 2.92. The molecular weight excluding hydrogens is 270 g/mol. The summed E-state index contributed by atoms with van der Waals surface area (Å²) in [4.78, 5) is 9.39. The molecule has 1 aromatic heterocycles. The summed E-state index contributed by atoms with van der Waals surface area (Å²) in [6, 6.07) is 7.68. The number of halogens is 1. The van der Waals surface area contributed by atoms with Gasteiger partial charge in [-0.25, -0.2) is 9.97 Å². The van der Waals surface area contributed by atoms with E-state index in [1.165, 1.54) is 12.0 Å². The van der Waals surface area contributed by atoms with Crippen molar-refractivity contribution in [3.8, 4) is 11.4 Å². The molecule has 1 atom stereocenters. The van der Waals surface area contributed by atoms with Crippen LogP contribution in [-0.2, 0) is 0 Å². The highest BCUT2D eigenvalue weighted by atomic mass is 35.5. The van der Waals surface area contributed by atoms with Crippen molar-refractivity contribution < 1.29 is 0 Å². The lowest BCUT2D eigenvalue weighted by Gasteiger charge is -2.15. The predicted molar refractivity (Wildman–Crippen MR) is 82.2 cm³/mol. The van der Waals surface area contributed by atoms with Gasteiger partial charge in [-0.3, -0.25) is 0 Å². The van der Waals surface area contributed by atoms with Crippen LogP contribution in [0.3, 0.4) is 0 Å². The lowest BCUT2D eigenvalue weighted by molar-refractivity contribution is 0.734. The minimum Gasteiger partial charge on any atom is -0.316 e. The third-order valence-corrected chi connectivity index (χ3v) is 4.15. The zero-order chi connectivity index (χ0) is 14.1. The zero-order valence-corrected chi connectivity index (χ0v) is 12.5. The highest BCUT2D eigenvalue weighted by molar-refractivity contribution is 6.30. The van der Waals surface area contributed by atoms with E-state index in [-0.39, 0.29) is 0 Å². The maximum absolute atomic E-state index is 5.93. The Kier molecular flexibility index (Phi) is 3.72. The summed E-state index contributed by atoms with van der Waals surface area (Å²) < 4.78 is 0. The van der Waals surface area contributed by atoms with Gasteiger partial charge in [0, 0.05) is 34.4 Å². The molecular formula is C16H18ClN3. The van der Waals surface area contributed by atoms with Gasteiger partial charge in [0.25, 0.3) is 0 Å². The van der Waals surface area contributed by atoms with E-state index >= 15 is 0 Å². The van der Waals surface area contributed by atoms with E-state index in [0.29, 0.717) is 5.92 Å². The molecule has 1 aromatic carbocycles. The molecule has 0 bridgehead atoms. The summed E-state index contributed by atoms with van der Waals surface area (Å²) in [6.45, 7) is 6.29. The van der Waals surface area contributed by atoms with Gasteiger partial charge < -0.3 is 5.32 Å². The molecule has 3 nitrogen and oxygen atoms in total. The maximum atomic E-state index is 5.93. The number of rotatable bonds is 2. The third kappa shape index (κ3) is 2.56. The molecule has 3 rings (SSSR count). The van der Waals surface area contributed by atoms with Crippen molar-refractivity contribution in [1.82, 2.24) is 15.3 Å². The van der Waals surface area contributed by atoms with Crippen molar-refractivity contribution in [3.05, 3.63) is 46.2 Å². The third-order valence-electron chi connectivity index (χ3n) is 3.90. The van der Waals surface area contributed by atoms with Crippen LogP contribution in [0.2, 0.25) is 5.02 Å². The highest BCUT2D eigenvalue weighted by Gasteiger charge is 2.22. The number of hydrogen-bond donors (Lipinski definition) is 1. The first-order valence-electron chi connectivity index (χ1n) is 6.97. The Labute approximate surface area is 124 Å². The van der Waals surface area contributed by atoms with Crippen LogP contribution in [0.15, 0.2) is 24.3 Å². The fraction of sp³-hybridized carbons (Fsp3) is 0.375. The number of aryl methyl sites for hydroxylation is 2. The standard InChI is InChI=1S/C16H18ClN3/c1-10-15(13-7-8-18-9-13)11(2)20-16(19-10)12-3-5-14(17)6-4-12/h3-6,13,18H,7-9H2,1-2H3. The second-order valence-corrected chi connectivity index (χ2v) is 5.76. The van der Waals surface area contributed by atoms with Crippen LogP contribution in [0.4, 0.5) is 0 Å². The Morgan fingerprint density at radius 3 is 2.30 bits per heavy atom. The second kappa shape index (κ2) is 5.51. The fourth-order valence-electron chi connectivity index (χ4n) is 2.94.